The molecule has 0 aliphatic carbocycles. The van der Waals surface area contributed by atoms with Crippen molar-refractivity contribution in [3.05, 3.63) is 62.9 Å². The molecular weight excluding hydrogens is 480 g/mol. The summed E-state index contributed by atoms with van der Waals surface area (Å²) >= 11 is 3.36. The Balaban J connectivity index is 2.03. The van der Waals surface area contributed by atoms with Gasteiger partial charge in [-0.3, -0.25) is 4.79 Å². The maximum atomic E-state index is 13.3. The molecule has 32 heavy (non-hydrogen) atoms. The topological polar surface area (TPSA) is 92.0 Å². The van der Waals surface area contributed by atoms with Gasteiger partial charge < -0.3 is 18.6 Å². The maximum Gasteiger partial charge on any atom is 0.375 e. The standard InChI is InChI=1S/C24H23BrO7/c1-5-29-23(28)22-20(14-6-8-15(25)9-7-14)21(27)17-11-10-16(12-18(17)31-22)30-13-19(26)32-24(2,3)4/h6-12H,5,13H2,1-4H3. The van der Waals surface area contributed by atoms with E-state index in [0.29, 0.717) is 5.56 Å². The van der Waals surface area contributed by atoms with Crippen molar-refractivity contribution in [3.8, 4) is 16.9 Å². The second-order valence-electron chi connectivity index (χ2n) is 7.90. The molecule has 2 aromatic carbocycles. The van der Waals surface area contributed by atoms with Gasteiger partial charge in [0.25, 0.3) is 0 Å². The van der Waals surface area contributed by atoms with Gasteiger partial charge >= 0.3 is 11.9 Å². The van der Waals surface area contributed by atoms with E-state index in [1.165, 1.54) is 12.1 Å². The molecule has 0 bridgehead atoms. The molecule has 8 heteroatoms. The Bertz CT molecular complexity index is 1200. The molecule has 0 aliphatic rings. The summed E-state index contributed by atoms with van der Waals surface area (Å²) in [6.07, 6.45) is 0. The molecule has 3 rings (SSSR count). The zero-order valence-corrected chi connectivity index (χ0v) is 19.8. The van der Waals surface area contributed by atoms with Gasteiger partial charge in [0.05, 0.1) is 17.6 Å². The fourth-order valence-electron chi connectivity index (χ4n) is 3.00. The lowest BCUT2D eigenvalue weighted by Gasteiger charge is -2.19. The van der Waals surface area contributed by atoms with Crippen molar-refractivity contribution < 1.29 is 28.2 Å². The quantitative estimate of drug-likeness (QED) is 0.431. The fourth-order valence-corrected chi connectivity index (χ4v) is 3.26. The van der Waals surface area contributed by atoms with Crippen LogP contribution in [0.25, 0.3) is 22.1 Å². The third kappa shape index (κ3) is 5.56. The fraction of sp³-hybridized carbons (Fsp3) is 0.292. The molecule has 1 aromatic heterocycles. The highest BCUT2D eigenvalue weighted by Crippen LogP contribution is 2.28. The van der Waals surface area contributed by atoms with Crippen LogP contribution in [-0.2, 0) is 14.3 Å². The van der Waals surface area contributed by atoms with Crippen molar-refractivity contribution in [2.24, 2.45) is 0 Å². The number of hydrogen-bond acceptors (Lipinski definition) is 7. The molecule has 0 radical (unpaired) electrons. The van der Waals surface area contributed by atoms with E-state index in [4.69, 9.17) is 18.6 Å². The zero-order chi connectivity index (χ0) is 23.5. The van der Waals surface area contributed by atoms with Gasteiger partial charge in [-0.2, -0.15) is 0 Å². The SMILES string of the molecule is CCOC(=O)c1oc2cc(OCC(=O)OC(C)(C)C)ccc2c(=O)c1-c1ccc(Br)cc1. The number of esters is 2. The summed E-state index contributed by atoms with van der Waals surface area (Å²) in [5.74, 6) is -1.19. The number of hydrogen-bond donors (Lipinski definition) is 0. The van der Waals surface area contributed by atoms with Gasteiger partial charge in [0, 0.05) is 10.5 Å². The Morgan fingerprint density at radius 2 is 1.75 bits per heavy atom. The molecule has 0 fully saturated rings. The van der Waals surface area contributed by atoms with Crippen LogP contribution in [0.3, 0.4) is 0 Å². The zero-order valence-electron chi connectivity index (χ0n) is 18.2. The molecule has 0 N–H and O–H groups in total. The summed E-state index contributed by atoms with van der Waals surface area (Å²) in [4.78, 5) is 37.8. The van der Waals surface area contributed by atoms with Crippen molar-refractivity contribution in [2.75, 3.05) is 13.2 Å². The van der Waals surface area contributed by atoms with Crippen LogP contribution < -0.4 is 10.2 Å². The summed E-state index contributed by atoms with van der Waals surface area (Å²) in [6.45, 7) is 6.76. The van der Waals surface area contributed by atoms with E-state index in [-0.39, 0.29) is 46.7 Å². The molecule has 0 spiro atoms. The molecular formula is C24H23BrO7. The van der Waals surface area contributed by atoms with Crippen LogP contribution in [0, 0.1) is 0 Å². The Morgan fingerprint density at radius 1 is 1.06 bits per heavy atom. The Labute approximate surface area is 193 Å². The minimum Gasteiger partial charge on any atom is -0.482 e. The molecule has 0 unspecified atom stereocenters. The highest BCUT2D eigenvalue weighted by Gasteiger charge is 2.23. The van der Waals surface area contributed by atoms with E-state index in [0.717, 1.165) is 4.47 Å². The van der Waals surface area contributed by atoms with Crippen molar-refractivity contribution in [2.45, 2.75) is 33.3 Å². The first-order chi connectivity index (χ1) is 15.1. The minimum absolute atomic E-state index is 0.117. The summed E-state index contributed by atoms with van der Waals surface area (Å²) in [7, 11) is 0. The lowest BCUT2D eigenvalue weighted by Crippen LogP contribution is -2.27. The van der Waals surface area contributed by atoms with E-state index >= 15 is 0 Å². The third-order valence-electron chi connectivity index (χ3n) is 4.23. The van der Waals surface area contributed by atoms with Gasteiger partial charge in [-0.15, -0.1) is 0 Å². The molecule has 1 heterocycles. The summed E-state index contributed by atoms with van der Waals surface area (Å²) < 4.78 is 22.4. The number of carbonyl (C=O) groups excluding carboxylic acids is 2. The number of rotatable bonds is 6. The maximum absolute atomic E-state index is 13.3. The second kappa shape index (κ2) is 9.56. The van der Waals surface area contributed by atoms with Crippen molar-refractivity contribution in [1.82, 2.24) is 0 Å². The Hall–Kier alpha value is -3.13. The van der Waals surface area contributed by atoms with E-state index in [1.54, 1.807) is 58.0 Å². The smallest absolute Gasteiger partial charge is 0.375 e. The Kier molecular flexibility index (Phi) is 7.03. The van der Waals surface area contributed by atoms with E-state index in [1.807, 2.05) is 0 Å². The van der Waals surface area contributed by atoms with Gasteiger partial charge in [0.1, 0.15) is 16.9 Å². The molecule has 3 aromatic rings. The van der Waals surface area contributed by atoms with E-state index in [9.17, 15) is 14.4 Å². The van der Waals surface area contributed by atoms with Gasteiger partial charge in [0.15, 0.2) is 6.61 Å². The lowest BCUT2D eigenvalue weighted by molar-refractivity contribution is -0.157. The highest BCUT2D eigenvalue weighted by atomic mass is 79.9. The van der Waals surface area contributed by atoms with E-state index < -0.39 is 17.5 Å². The predicted molar refractivity (Wildman–Crippen MR) is 123 cm³/mol. The van der Waals surface area contributed by atoms with E-state index in [2.05, 4.69) is 15.9 Å². The van der Waals surface area contributed by atoms with Crippen LogP contribution in [0.2, 0.25) is 0 Å². The molecule has 168 valence electrons. The van der Waals surface area contributed by atoms with Gasteiger partial charge in [0.2, 0.25) is 11.2 Å². The average molecular weight is 503 g/mol. The molecule has 0 amide bonds. The first-order valence-electron chi connectivity index (χ1n) is 9.97. The Morgan fingerprint density at radius 3 is 2.38 bits per heavy atom. The molecule has 0 saturated carbocycles. The average Bonchev–Trinajstić information content (AvgIpc) is 2.72. The van der Waals surface area contributed by atoms with Crippen LogP contribution in [0.4, 0.5) is 0 Å². The van der Waals surface area contributed by atoms with Gasteiger partial charge in [-0.05, 0) is 57.5 Å². The molecule has 0 atom stereocenters. The van der Waals surface area contributed by atoms with Crippen LogP contribution >= 0.6 is 15.9 Å². The molecule has 7 nitrogen and oxygen atoms in total. The highest BCUT2D eigenvalue weighted by molar-refractivity contribution is 9.10. The largest absolute Gasteiger partial charge is 0.482 e. The van der Waals surface area contributed by atoms with Crippen LogP contribution in [0.15, 0.2) is 56.1 Å². The molecule has 0 saturated heterocycles. The third-order valence-corrected chi connectivity index (χ3v) is 4.76. The summed E-state index contributed by atoms with van der Waals surface area (Å²) in [5.41, 5.74) is -0.229. The number of halogens is 1. The lowest BCUT2D eigenvalue weighted by atomic mass is 10.0. The van der Waals surface area contributed by atoms with Gasteiger partial charge in [-0.25, -0.2) is 9.59 Å². The summed E-state index contributed by atoms with van der Waals surface area (Å²) in [5, 5.41) is 0.264. The second-order valence-corrected chi connectivity index (χ2v) is 8.81. The predicted octanol–water partition coefficient (Wildman–Crippen LogP) is 5.12. The first kappa shape index (κ1) is 23.5. The van der Waals surface area contributed by atoms with Crippen molar-refractivity contribution >= 4 is 38.8 Å². The van der Waals surface area contributed by atoms with Crippen molar-refractivity contribution in [3.63, 3.8) is 0 Å². The number of benzene rings is 2. The summed E-state index contributed by atoms with van der Waals surface area (Å²) in [6, 6.07) is 11.5. The minimum atomic E-state index is -0.746. The van der Waals surface area contributed by atoms with Crippen molar-refractivity contribution in [1.29, 1.82) is 0 Å². The van der Waals surface area contributed by atoms with Crippen LogP contribution in [-0.4, -0.2) is 30.8 Å². The number of carbonyl (C=O) groups is 2. The first-order valence-corrected chi connectivity index (χ1v) is 10.8. The monoisotopic (exact) mass is 502 g/mol. The normalized spacial score (nSPS) is 11.3. The van der Waals surface area contributed by atoms with Gasteiger partial charge in [-0.1, -0.05) is 28.1 Å². The molecule has 0 aliphatic heterocycles. The van der Waals surface area contributed by atoms with Crippen LogP contribution in [0.5, 0.6) is 5.75 Å². The number of fused-ring (bicyclic) bond motifs is 1. The van der Waals surface area contributed by atoms with Crippen LogP contribution in [0.1, 0.15) is 38.2 Å². The number of ether oxygens (including phenoxy) is 3.